The fourth-order valence-electron chi connectivity index (χ4n) is 2.22. The minimum atomic E-state index is -0.483. The summed E-state index contributed by atoms with van der Waals surface area (Å²) < 4.78 is 40.3. The maximum Gasteiger partial charge on any atom is 0.126 e. The molecule has 0 radical (unpaired) electrons. The molecule has 0 saturated heterocycles. The van der Waals surface area contributed by atoms with Crippen LogP contribution in [0, 0.1) is 23.4 Å². The normalized spacial score (nSPS) is 12.4. The van der Waals surface area contributed by atoms with Gasteiger partial charge in [-0.2, -0.15) is 0 Å². The minimum absolute atomic E-state index is 0.136. The van der Waals surface area contributed by atoms with Crippen molar-refractivity contribution in [2.24, 2.45) is 11.7 Å². The number of halogens is 3. The molecule has 2 aromatic rings. The van der Waals surface area contributed by atoms with Gasteiger partial charge in [0, 0.05) is 0 Å². The molecule has 0 aliphatic rings. The zero-order valence-corrected chi connectivity index (χ0v) is 11.0. The van der Waals surface area contributed by atoms with Crippen LogP contribution >= 0.6 is 0 Å². The van der Waals surface area contributed by atoms with E-state index in [0.717, 1.165) is 12.1 Å². The Morgan fingerprint density at radius 1 is 0.850 bits per heavy atom. The maximum absolute atomic E-state index is 13.6. The first-order valence-electron chi connectivity index (χ1n) is 6.47. The Morgan fingerprint density at radius 2 is 1.50 bits per heavy atom. The summed E-state index contributed by atoms with van der Waals surface area (Å²) in [5.41, 5.74) is 6.48. The van der Waals surface area contributed by atoms with Crippen molar-refractivity contribution in [3.05, 3.63) is 71.0 Å². The fraction of sp³-hybridized carbons (Fsp3) is 0.250. The minimum Gasteiger partial charge on any atom is -0.330 e. The van der Waals surface area contributed by atoms with E-state index in [-0.39, 0.29) is 30.3 Å². The SMILES string of the molecule is NCC(Cc1ccccc1F)Cc1cc(F)ccc1F. The molecule has 1 atom stereocenters. The van der Waals surface area contributed by atoms with E-state index in [0.29, 0.717) is 12.0 Å². The van der Waals surface area contributed by atoms with Gasteiger partial charge < -0.3 is 5.73 Å². The van der Waals surface area contributed by atoms with Crippen LogP contribution in [0.1, 0.15) is 11.1 Å². The Morgan fingerprint density at radius 3 is 2.20 bits per heavy atom. The van der Waals surface area contributed by atoms with Crippen LogP contribution in [-0.2, 0) is 12.8 Å². The molecule has 0 fully saturated rings. The predicted molar refractivity (Wildman–Crippen MR) is 72.7 cm³/mol. The van der Waals surface area contributed by atoms with Gasteiger partial charge in [-0.3, -0.25) is 0 Å². The molecule has 0 aliphatic heterocycles. The highest BCUT2D eigenvalue weighted by Crippen LogP contribution is 2.19. The van der Waals surface area contributed by atoms with Crippen LogP contribution in [0.2, 0.25) is 0 Å². The number of rotatable bonds is 5. The van der Waals surface area contributed by atoms with Crippen LogP contribution in [0.15, 0.2) is 42.5 Å². The van der Waals surface area contributed by atoms with E-state index < -0.39 is 11.6 Å². The van der Waals surface area contributed by atoms with E-state index in [2.05, 4.69) is 0 Å². The zero-order chi connectivity index (χ0) is 14.5. The van der Waals surface area contributed by atoms with Crippen molar-refractivity contribution in [1.82, 2.24) is 0 Å². The van der Waals surface area contributed by atoms with Gasteiger partial charge in [0.2, 0.25) is 0 Å². The topological polar surface area (TPSA) is 26.0 Å². The van der Waals surface area contributed by atoms with Crippen molar-refractivity contribution >= 4 is 0 Å². The fourth-order valence-corrected chi connectivity index (χ4v) is 2.22. The van der Waals surface area contributed by atoms with Crippen LogP contribution in [-0.4, -0.2) is 6.54 Å². The standard InChI is InChI=1S/C16H16F3N/c17-14-5-6-16(19)13(9-14)8-11(10-20)7-12-3-1-2-4-15(12)18/h1-6,9,11H,7-8,10,20H2. The van der Waals surface area contributed by atoms with Gasteiger partial charge in [-0.05, 0) is 60.7 Å². The number of hydrogen-bond acceptors (Lipinski definition) is 1. The first kappa shape index (κ1) is 14.6. The summed E-state index contributed by atoms with van der Waals surface area (Å²) in [6, 6.07) is 9.76. The van der Waals surface area contributed by atoms with Crippen LogP contribution in [0.3, 0.4) is 0 Å². The monoisotopic (exact) mass is 279 g/mol. The highest BCUT2D eigenvalue weighted by atomic mass is 19.1. The molecular formula is C16H16F3N. The average Bonchev–Trinajstić information content (AvgIpc) is 2.44. The average molecular weight is 279 g/mol. The Bertz CT molecular complexity index is 584. The van der Waals surface area contributed by atoms with Crippen molar-refractivity contribution in [2.75, 3.05) is 6.54 Å². The quantitative estimate of drug-likeness (QED) is 0.891. The largest absolute Gasteiger partial charge is 0.330 e. The van der Waals surface area contributed by atoms with Crippen molar-refractivity contribution < 1.29 is 13.2 Å². The molecule has 0 bridgehead atoms. The van der Waals surface area contributed by atoms with E-state index in [1.165, 1.54) is 12.1 Å². The van der Waals surface area contributed by atoms with E-state index >= 15 is 0 Å². The molecule has 0 heterocycles. The van der Waals surface area contributed by atoms with Crippen LogP contribution < -0.4 is 5.73 Å². The molecule has 0 spiro atoms. The first-order valence-corrected chi connectivity index (χ1v) is 6.47. The molecule has 2 rings (SSSR count). The maximum atomic E-state index is 13.6. The molecule has 20 heavy (non-hydrogen) atoms. The summed E-state index contributed by atoms with van der Waals surface area (Å²) >= 11 is 0. The lowest BCUT2D eigenvalue weighted by Crippen LogP contribution is -2.20. The lowest BCUT2D eigenvalue weighted by molar-refractivity contribution is 0.493. The van der Waals surface area contributed by atoms with Gasteiger partial charge in [-0.15, -0.1) is 0 Å². The highest BCUT2D eigenvalue weighted by Gasteiger charge is 2.14. The smallest absolute Gasteiger partial charge is 0.126 e. The van der Waals surface area contributed by atoms with Gasteiger partial charge in [0.05, 0.1) is 0 Å². The van der Waals surface area contributed by atoms with Crippen molar-refractivity contribution in [1.29, 1.82) is 0 Å². The second-order valence-corrected chi connectivity index (χ2v) is 4.84. The molecule has 0 aliphatic carbocycles. The first-order chi connectivity index (χ1) is 9.60. The predicted octanol–water partition coefficient (Wildman–Crippen LogP) is 3.46. The zero-order valence-electron chi connectivity index (χ0n) is 11.0. The third-order valence-corrected chi connectivity index (χ3v) is 3.32. The van der Waals surface area contributed by atoms with Gasteiger partial charge in [0.1, 0.15) is 17.5 Å². The number of nitrogens with two attached hydrogens (primary N) is 1. The lowest BCUT2D eigenvalue weighted by Gasteiger charge is -2.16. The van der Waals surface area contributed by atoms with E-state index in [4.69, 9.17) is 5.73 Å². The Balaban J connectivity index is 2.13. The van der Waals surface area contributed by atoms with Crippen molar-refractivity contribution in [3.63, 3.8) is 0 Å². The molecular weight excluding hydrogens is 263 g/mol. The van der Waals surface area contributed by atoms with Crippen molar-refractivity contribution in [2.45, 2.75) is 12.8 Å². The summed E-state index contributed by atoms with van der Waals surface area (Å²) in [5, 5.41) is 0. The molecule has 1 nitrogen and oxygen atoms in total. The summed E-state index contributed by atoms with van der Waals surface area (Å²) in [6.45, 7) is 0.282. The van der Waals surface area contributed by atoms with Gasteiger partial charge in [0.15, 0.2) is 0 Å². The molecule has 4 heteroatoms. The van der Waals surface area contributed by atoms with Crippen LogP contribution in [0.5, 0.6) is 0 Å². The number of hydrogen-bond donors (Lipinski definition) is 1. The Labute approximate surface area is 116 Å². The molecule has 1 unspecified atom stereocenters. The molecule has 2 N–H and O–H groups in total. The molecule has 106 valence electrons. The lowest BCUT2D eigenvalue weighted by atomic mass is 9.92. The van der Waals surface area contributed by atoms with E-state index in [1.807, 2.05) is 0 Å². The van der Waals surface area contributed by atoms with Gasteiger partial charge >= 0.3 is 0 Å². The van der Waals surface area contributed by atoms with Crippen LogP contribution in [0.4, 0.5) is 13.2 Å². The number of benzene rings is 2. The van der Waals surface area contributed by atoms with Crippen LogP contribution in [0.25, 0.3) is 0 Å². The van der Waals surface area contributed by atoms with E-state index in [9.17, 15) is 13.2 Å². The highest BCUT2D eigenvalue weighted by molar-refractivity contribution is 5.21. The summed E-state index contributed by atoms with van der Waals surface area (Å²) in [6.07, 6.45) is 0.688. The van der Waals surface area contributed by atoms with Gasteiger partial charge in [-0.25, -0.2) is 13.2 Å². The molecule has 2 aromatic carbocycles. The third kappa shape index (κ3) is 3.61. The third-order valence-electron chi connectivity index (χ3n) is 3.32. The second kappa shape index (κ2) is 6.57. The molecule has 0 aromatic heterocycles. The van der Waals surface area contributed by atoms with Gasteiger partial charge in [-0.1, -0.05) is 18.2 Å². The summed E-state index contributed by atoms with van der Waals surface area (Å²) in [4.78, 5) is 0. The molecule has 0 amide bonds. The summed E-state index contributed by atoms with van der Waals surface area (Å²) in [7, 11) is 0. The Hall–Kier alpha value is -1.81. The summed E-state index contributed by atoms with van der Waals surface area (Å²) in [5.74, 6) is -1.38. The van der Waals surface area contributed by atoms with E-state index in [1.54, 1.807) is 18.2 Å². The van der Waals surface area contributed by atoms with Gasteiger partial charge in [0.25, 0.3) is 0 Å². The second-order valence-electron chi connectivity index (χ2n) is 4.84. The Kier molecular flexibility index (Phi) is 4.79. The molecule has 0 saturated carbocycles. The van der Waals surface area contributed by atoms with Crippen molar-refractivity contribution in [3.8, 4) is 0 Å².